The van der Waals surface area contributed by atoms with Crippen LogP contribution in [0.2, 0.25) is 0 Å². The molecule has 0 aliphatic heterocycles. The molecule has 0 radical (unpaired) electrons. The Kier molecular flexibility index (Phi) is 19.4. The molecular formula is C20H40O7S. The Balaban J connectivity index is 3.73. The van der Waals surface area contributed by atoms with Gasteiger partial charge < -0.3 is 14.2 Å². The molecule has 0 aromatic rings. The summed E-state index contributed by atoms with van der Waals surface area (Å²) in [6.45, 7) is 7.35. The van der Waals surface area contributed by atoms with Gasteiger partial charge in [0, 0.05) is 6.61 Å². The molecule has 0 saturated carbocycles. The van der Waals surface area contributed by atoms with E-state index >= 15 is 0 Å². The minimum absolute atomic E-state index is 0.105. The molecule has 7 nitrogen and oxygen atoms in total. The van der Waals surface area contributed by atoms with Gasteiger partial charge >= 0.3 is 0 Å². The Morgan fingerprint density at radius 1 is 0.893 bits per heavy atom. The molecule has 0 spiro atoms. The van der Waals surface area contributed by atoms with Gasteiger partial charge in [-0.25, -0.2) is 5.26 Å². The Morgan fingerprint density at radius 3 is 2.04 bits per heavy atom. The second kappa shape index (κ2) is 19.8. The molecule has 168 valence electrons. The van der Waals surface area contributed by atoms with Gasteiger partial charge in [0.05, 0.1) is 26.4 Å². The highest BCUT2D eigenvalue weighted by Crippen LogP contribution is 2.10. The third-order valence-corrected chi connectivity index (χ3v) is 5.18. The fourth-order valence-corrected chi connectivity index (χ4v) is 3.06. The van der Waals surface area contributed by atoms with Crippen LogP contribution in [-0.4, -0.2) is 58.6 Å². The smallest absolute Gasteiger partial charge is 0.295 e. The number of ether oxygens (including phenoxy) is 3. The predicted molar refractivity (Wildman–Crippen MR) is 111 cm³/mol. The maximum absolute atomic E-state index is 11.1. The van der Waals surface area contributed by atoms with E-state index in [1.54, 1.807) is 6.08 Å². The lowest BCUT2D eigenvalue weighted by Gasteiger charge is -2.17. The molecule has 1 atom stereocenters. The van der Waals surface area contributed by atoms with Crippen molar-refractivity contribution in [1.29, 1.82) is 0 Å². The molecule has 1 N–H and O–H groups in total. The van der Waals surface area contributed by atoms with Crippen LogP contribution in [0.15, 0.2) is 12.7 Å². The van der Waals surface area contributed by atoms with E-state index in [0.29, 0.717) is 19.8 Å². The number of hydrogen-bond donors (Lipinski definition) is 1. The summed E-state index contributed by atoms with van der Waals surface area (Å²) in [6, 6.07) is 0. The van der Waals surface area contributed by atoms with Crippen molar-refractivity contribution in [1.82, 2.24) is 0 Å². The van der Waals surface area contributed by atoms with Crippen LogP contribution in [0.4, 0.5) is 0 Å². The van der Waals surface area contributed by atoms with Crippen molar-refractivity contribution in [2.45, 2.75) is 77.2 Å². The van der Waals surface area contributed by atoms with Gasteiger partial charge in [0.15, 0.2) is 0 Å². The van der Waals surface area contributed by atoms with E-state index in [9.17, 15) is 8.42 Å². The van der Waals surface area contributed by atoms with Crippen molar-refractivity contribution in [3.8, 4) is 0 Å². The SMILES string of the molecule is C=CCOCC(COCCCCCCCCCCCC)OCCS(=O)(=O)OO. The van der Waals surface area contributed by atoms with E-state index < -0.39 is 15.9 Å². The molecule has 0 aromatic carbocycles. The van der Waals surface area contributed by atoms with Crippen molar-refractivity contribution in [2.75, 3.05) is 38.8 Å². The second-order valence-corrected chi connectivity index (χ2v) is 8.58. The number of rotatable bonds is 22. The molecule has 0 aliphatic rings. The van der Waals surface area contributed by atoms with Gasteiger partial charge in [-0.1, -0.05) is 70.8 Å². The molecule has 0 bridgehead atoms. The molecule has 0 aromatic heterocycles. The molecule has 0 rings (SSSR count). The van der Waals surface area contributed by atoms with Crippen LogP contribution < -0.4 is 0 Å². The average molecular weight is 425 g/mol. The minimum Gasteiger partial charge on any atom is -0.379 e. The number of hydrogen-bond acceptors (Lipinski definition) is 7. The van der Waals surface area contributed by atoms with E-state index in [1.165, 1.54) is 51.4 Å². The molecular weight excluding hydrogens is 384 g/mol. The van der Waals surface area contributed by atoms with Crippen LogP contribution in [-0.2, 0) is 28.7 Å². The van der Waals surface area contributed by atoms with E-state index in [1.807, 2.05) is 0 Å². The van der Waals surface area contributed by atoms with Gasteiger partial charge in [-0.2, -0.15) is 8.42 Å². The minimum atomic E-state index is -3.95. The third-order valence-electron chi connectivity index (χ3n) is 4.29. The van der Waals surface area contributed by atoms with Crippen molar-refractivity contribution >= 4 is 10.1 Å². The van der Waals surface area contributed by atoms with Crippen LogP contribution >= 0.6 is 0 Å². The first-order chi connectivity index (χ1) is 13.6. The fraction of sp³-hybridized carbons (Fsp3) is 0.900. The summed E-state index contributed by atoms with van der Waals surface area (Å²) in [5, 5.41) is 8.25. The molecule has 0 saturated heterocycles. The highest BCUT2D eigenvalue weighted by atomic mass is 32.2. The van der Waals surface area contributed by atoms with E-state index in [-0.39, 0.29) is 19.3 Å². The first-order valence-corrected chi connectivity index (χ1v) is 12.1. The largest absolute Gasteiger partial charge is 0.379 e. The standard InChI is InChI=1S/C20H40O7S/c1-3-5-6-7-8-9-10-11-12-13-15-25-19-20(18-24-14-4-2)26-16-17-28(22,23)27-21/h4,20-21H,2-3,5-19H2,1H3. The molecule has 0 fully saturated rings. The van der Waals surface area contributed by atoms with Gasteiger partial charge in [0.25, 0.3) is 10.1 Å². The van der Waals surface area contributed by atoms with Crippen molar-refractivity contribution in [3.05, 3.63) is 12.7 Å². The van der Waals surface area contributed by atoms with E-state index in [0.717, 1.165) is 12.8 Å². The quantitative estimate of drug-likeness (QED) is 0.120. The lowest BCUT2D eigenvalue weighted by molar-refractivity contribution is -0.131. The topological polar surface area (TPSA) is 91.3 Å². The van der Waals surface area contributed by atoms with Gasteiger partial charge in [0.2, 0.25) is 0 Å². The Labute approximate surface area is 171 Å². The van der Waals surface area contributed by atoms with Crippen molar-refractivity contribution in [3.63, 3.8) is 0 Å². The summed E-state index contributed by atoms with van der Waals surface area (Å²) in [5.74, 6) is -0.431. The first kappa shape index (κ1) is 27.5. The van der Waals surface area contributed by atoms with Crippen LogP contribution in [0.5, 0.6) is 0 Å². The zero-order valence-electron chi connectivity index (χ0n) is 17.5. The first-order valence-electron chi connectivity index (χ1n) is 10.5. The monoisotopic (exact) mass is 424 g/mol. The lowest BCUT2D eigenvalue weighted by atomic mass is 10.1. The van der Waals surface area contributed by atoms with Gasteiger partial charge in [-0.15, -0.1) is 10.9 Å². The van der Waals surface area contributed by atoms with Gasteiger partial charge in [-0.05, 0) is 6.42 Å². The summed E-state index contributed by atoms with van der Waals surface area (Å²) in [4.78, 5) is 0. The predicted octanol–water partition coefficient (Wildman–Crippen LogP) is 4.33. The van der Waals surface area contributed by atoms with Crippen LogP contribution in [0.1, 0.15) is 71.1 Å². The van der Waals surface area contributed by atoms with Crippen LogP contribution in [0.25, 0.3) is 0 Å². The molecule has 0 amide bonds. The zero-order chi connectivity index (χ0) is 20.9. The van der Waals surface area contributed by atoms with Crippen LogP contribution in [0.3, 0.4) is 0 Å². The molecule has 8 heteroatoms. The normalized spacial score (nSPS) is 12.9. The molecule has 28 heavy (non-hydrogen) atoms. The summed E-state index contributed by atoms with van der Waals surface area (Å²) in [5.41, 5.74) is 0. The van der Waals surface area contributed by atoms with E-state index in [4.69, 9.17) is 19.5 Å². The van der Waals surface area contributed by atoms with Gasteiger partial charge in [0.1, 0.15) is 11.9 Å². The molecule has 1 unspecified atom stereocenters. The summed E-state index contributed by atoms with van der Waals surface area (Å²) >= 11 is 0. The highest BCUT2D eigenvalue weighted by Gasteiger charge is 2.14. The van der Waals surface area contributed by atoms with E-state index in [2.05, 4.69) is 17.8 Å². The van der Waals surface area contributed by atoms with Crippen molar-refractivity contribution in [2.24, 2.45) is 0 Å². The fourth-order valence-electron chi connectivity index (χ4n) is 2.69. The lowest BCUT2D eigenvalue weighted by Crippen LogP contribution is -2.28. The summed E-state index contributed by atoms with van der Waals surface area (Å²) in [6.07, 6.45) is 14.0. The Morgan fingerprint density at radius 2 is 1.46 bits per heavy atom. The zero-order valence-corrected chi connectivity index (χ0v) is 18.3. The second-order valence-electron chi connectivity index (χ2n) is 6.91. The van der Waals surface area contributed by atoms with Crippen LogP contribution in [0, 0.1) is 0 Å². The molecule has 0 aliphatic carbocycles. The van der Waals surface area contributed by atoms with Crippen molar-refractivity contribution < 1.29 is 32.2 Å². The maximum Gasteiger partial charge on any atom is 0.295 e. The summed E-state index contributed by atoms with van der Waals surface area (Å²) in [7, 11) is -3.95. The highest BCUT2D eigenvalue weighted by molar-refractivity contribution is 7.86. The van der Waals surface area contributed by atoms with Gasteiger partial charge in [-0.3, -0.25) is 0 Å². The maximum atomic E-state index is 11.1. The third kappa shape index (κ3) is 18.8. The summed E-state index contributed by atoms with van der Waals surface area (Å²) < 4.78 is 42.1. The number of unbranched alkanes of at least 4 members (excludes halogenated alkanes) is 9. The molecule has 0 heterocycles. The Hall–Kier alpha value is -0.510. The Bertz CT molecular complexity index is 440. The average Bonchev–Trinajstić information content (AvgIpc) is 2.68.